The monoisotopic (exact) mass is 324 g/mol. The molecule has 0 aromatic rings. The molecule has 1 spiro atoms. The Morgan fingerprint density at radius 3 is 2.26 bits per heavy atom. The highest BCUT2D eigenvalue weighted by Crippen LogP contribution is 2.43. The Morgan fingerprint density at radius 2 is 1.83 bits per heavy atom. The third-order valence-electron chi connectivity index (χ3n) is 4.99. The van der Waals surface area contributed by atoms with Gasteiger partial charge in [0.25, 0.3) is 0 Å². The van der Waals surface area contributed by atoms with Gasteiger partial charge in [0.1, 0.15) is 6.04 Å². The van der Waals surface area contributed by atoms with Gasteiger partial charge in [-0.25, -0.2) is 0 Å². The summed E-state index contributed by atoms with van der Waals surface area (Å²) in [5.41, 5.74) is 10.2. The summed E-state index contributed by atoms with van der Waals surface area (Å²) in [6.07, 6.45) is 1.94. The summed E-state index contributed by atoms with van der Waals surface area (Å²) in [5, 5.41) is 0. The van der Waals surface area contributed by atoms with Crippen molar-refractivity contribution in [3.8, 4) is 0 Å². The minimum Gasteiger partial charge on any atom is -0.370 e. The van der Waals surface area contributed by atoms with E-state index in [1.165, 1.54) is 4.90 Å². The van der Waals surface area contributed by atoms with Gasteiger partial charge in [-0.05, 0) is 38.3 Å². The maximum absolute atomic E-state index is 12.6. The molecule has 2 aliphatic heterocycles. The van der Waals surface area contributed by atoms with Crippen molar-refractivity contribution in [1.82, 2.24) is 9.80 Å². The number of rotatable bonds is 7. The molecule has 0 aliphatic carbocycles. The molecule has 130 valence electrons. The molecule has 7 nitrogen and oxygen atoms in total. The molecule has 2 saturated heterocycles. The van der Waals surface area contributed by atoms with Crippen molar-refractivity contribution in [3.05, 3.63) is 0 Å². The number of primary amides is 2. The number of amides is 3. The standard InChI is InChI=1S/C16H28N4O3/c1-11(2)9-19-7-5-16(6-8-19)10-20(15(16)23)12(14(18)22)3-4-13(17)21/h11-12H,3-10H2,1-2H3,(H2,17,21)(H2,18,22)/t12-/m0/s1. The van der Waals surface area contributed by atoms with E-state index < -0.39 is 17.9 Å². The summed E-state index contributed by atoms with van der Waals surface area (Å²) < 4.78 is 0. The highest BCUT2D eigenvalue weighted by Gasteiger charge is 2.55. The molecular weight excluding hydrogens is 296 g/mol. The fraction of sp³-hybridized carbons (Fsp3) is 0.812. The van der Waals surface area contributed by atoms with Crippen LogP contribution < -0.4 is 11.5 Å². The predicted molar refractivity (Wildman–Crippen MR) is 86.1 cm³/mol. The minimum atomic E-state index is -0.714. The second kappa shape index (κ2) is 6.86. The fourth-order valence-electron chi connectivity index (χ4n) is 3.71. The third kappa shape index (κ3) is 3.83. The number of nitrogens with two attached hydrogens (primary N) is 2. The molecule has 2 rings (SSSR count). The average Bonchev–Trinajstić information content (AvgIpc) is 2.46. The van der Waals surface area contributed by atoms with E-state index in [1.807, 2.05) is 0 Å². The van der Waals surface area contributed by atoms with Gasteiger partial charge in [-0.3, -0.25) is 14.4 Å². The van der Waals surface area contributed by atoms with Crippen LogP contribution in [0.3, 0.4) is 0 Å². The normalized spacial score (nSPS) is 22.2. The van der Waals surface area contributed by atoms with Crippen LogP contribution in [0, 0.1) is 11.3 Å². The molecule has 3 amide bonds. The zero-order valence-electron chi connectivity index (χ0n) is 14.1. The summed E-state index contributed by atoms with van der Waals surface area (Å²) in [4.78, 5) is 39.1. The molecule has 4 N–H and O–H groups in total. The van der Waals surface area contributed by atoms with Crippen LogP contribution in [0.5, 0.6) is 0 Å². The predicted octanol–water partition coefficient (Wildman–Crippen LogP) is -0.314. The molecule has 2 heterocycles. The topological polar surface area (TPSA) is 110 Å². The first-order valence-corrected chi connectivity index (χ1v) is 8.36. The Kier molecular flexibility index (Phi) is 5.29. The first kappa shape index (κ1) is 17.7. The number of hydrogen-bond acceptors (Lipinski definition) is 4. The molecule has 0 aromatic carbocycles. The van der Waals surface area contributed by atoms with Crippen LogP contribution in [-0.4, -0.2) is 59.7 Å². The summed E-state index contributed by atoms with van der Waals surface area (Å²) in [6, 6.07) is -0.714. The first-order valence-electron chi connectivity index (χ1n) is 8.36. The van der Waals surface area contributed by atoms with Gasteiger partial charge in [0.05, 0.1) is 5.41 Å². The van der Waals surface area contributed by atoms with Gasteiger partial charge in [-0.15, -0.1) is 0 Å². The minimum absolute atomic E-state index is 0.00923. The van der Waals surface area contributed by atoms with E-state index >= 15 is 0 Å². The van der Waals surface area contributed by atoms with Gasteiger partial charge in [0.15, 0.2) is 0 Å². The Hall–Kier alpha value is -1.63. The average molecular weight is 324 g/mol. The van der Waals surface area contributed by atoms with Gasteiger partial charge < -0.3 is 21.3 Å². The van der Waals surface area contributed by atoms with Crippen LogP contribution >= 0.6 is 0 Å². The molecule has 0 unspecified atom stereocenters. The smallest absolute Gasteiger partial charge is 0.240 e. The molecule has 2 aliphatic rings. The van der Waals surface area contributed by atoms with Gasteiger partial charge >= 0.3 is 0 Å². The van der Waals surface area contributed by atoms with Crippen molar-refractivity contribution in [1.29, 1.82) is 0 Å². The zero-order chi connectivity index (χ0) is 17.2. The van der Waals surface area contributed by atoms with Gasteiger partial charge in [-0.1, -0.05) is 13.8 Å². The number of hydrogen-bond donors (Lipinski definition) is 2. The molecule has 2 fully saturated rings. The molecule has 0 bridgehead atoms. The fourth-order valence-corrected chi connectivity index (χ4v) is 3.71. The lowest BCUT2D eigenvalue weighted by Crippen LogP contribution is -2.69. The largest absolute Gasteiger partial charge is 0.370 e. The van der Waals surface area contributed by atoms with E-state index in [-0.39, 0.29) is 24.2 Å². The van der Waals surface area contributed by atoms with E-state index in [4.69, 9.17) is 11.5 Å². The van der Waals surface area contributed by atoms with E-state index in [0.29, 0.717) is 12.5 Å². The highest BCUT2D eigenvalue weighted by molar-refractivity contribution is 5.94. The van der Waals surface area contributed by atoms with Crippen molar-refractivity contribution >= 4 is 17.7 Å². The molecule has 0 radical (unpaired) electrons. The van der Waals surface area contributed by atoms with Crippen LogP contribution in [0.4, 0.5) is 0 Å². The summed E-state index contributed by atoms with van der Waals surface area (Å²) in [6.45, 7) is 7.83. The van der Waals surface area contributed by atoms with Gasteiger partial charge in [0, 0.05) is 19.5 Å². The zero-order valence-corrected chi connectivity index (χ0v) is 14.1. The van der Waals surface area contributed by atoms with Gasteiger partial charge in [-0.2, -0.15) is 0 Å². The first-order chi connectivity index (χ1) is 10.7. The second-order valence-electron chi connectivity index (χ2n) is 7.33. The van der Waals surface area contributed by atoms with Crippen molar-refractivity contribution in [2.45, 2.75) is 45.6 Å². The molecule has 0 aromatic heterocycles. The Labute approximate surface area is 137 Å². The number of piperidine rings is 1. The van der Waals surface area contributed by atoms with Crippen molar-refractivity contribution in [2.24, 2.45) is 22.8 Å². The maximum atomic E-state index is 12.6. The molecule has 1 atom stereocenters. The third-order valence-corrected chi connectivity index (χ3v) is 4.99. The lowest BCUT2D eigenvalue weighted by Gasteiger charge is -2.54. The molecule has 23 heavy (non-hydrogen) atoms. The number of carbonyl (C=O) groups is 3. The Balaban J connectivity index is 1.92. The van der Waals surface area contributed by atoms with E-state index in [9.17, 15) is 14.4 Å². The van der Waals surface area contributed by atoms with Gasteiger partial charge in [0.2, 0.25) is 17.7 Å². The summed E-state index contributed by atoms with van der Waals surface area (Å²) in [5.74, 6) is -0.423. The molecule has 7 heteroatoms. The second-order valence-corrected chi connectivity index (χ2v) is 7.33. The number of nitrogens with zero attached hydrogens (tertiary/aromatic N) is 2. The number of carbonyl (C=O) groups excluding carboxylic acids is 3. The highest BCUT2D eigenvalue weighted by atomic mass is 16.2. The van der Waals surface area contributed by atoms with Crippen molar-refractivity contribution in [2.75, 3.05) is 26.2 Å². The quantitative estimate of drug-likeness (QED) is 0.626. The summed E-state index contributed by atoms with van der Waals surface area (Å²) >= 11 is 0. The lowest BCUT2D eigenvalue weighted by molar-refractivity contribution is -0.172. The molecular formula is C16H28N4O3. The van der Waals surface area contributed by atoms with Crippen LogP contribution in [0.2, 0.25) is 0 Å². The van der Waals surface area contributed by atoms with Crippen molar-refractivity contribution < 1.29 is 14.4 Å². The van der Waals surface area contributed by atoms with Crippen LogP contribution in [0.1, 0.15) is 39.5 Å². The van der Waals surface area contributed by atoms with E-state index in [0.717, 1.165) is 32.5 Å². The van der Waals surface area contributed by atoms with Crippen LogP contribution in [-0.2, 0) is 14.4 Å². The maximum Gasteiger partial charge on any atom is 0.240 e. The van der Waals surface area contributed by atoms with E-state index in [1.54, 1.807) is 0 Å². The Morgan fingerprint density at radius 1 is 1.22 bits per heavy atom. The number of β-lactam (4-membered cyclic amide) rings is 1. The number of likely N-dealkylation sites (tertiary alicyclic amines) is 2. The van der Waals surface area contributed by atoms with Crippen LogP contribution in [0.15, 0.2) is 0 Å². The summed E-state index contributed by atoms with van der Waals surface area (Å²) in [7, 11) is 0. The molecule has 0 saturated carbocycles. The Bertz CT molecular complexity index is 484. The SMILES string of the molecule is CC(C)CN1CCC2(CC1)CN([C@@H](CCC(N)=O)C(N)=O)C2=O. The lowest BCUT2D eigenvalue weighted by atomic mass is 9.70. The van der Waals surface area contributed by atoms with Crippen LogP contribution in [0.25, 0.3) is 0 Å². The van der Waals surface area contributed by atoms with E-state index in [2.05, 4.69) is 18.7 Å². The van der Waals surface area contributed by atoms with Crippen molar-refractivity contribution in [3.63, 3.8) is 0 Å².